The van der Waals surface area contributed by atoms with Crippen LogP contribution >= 0.6 is 34.0 Å². The van der Waals surface area contributed by atoms with Crippen molar-refractivity contribution in [2.45, 2.75) is 0 Å². The van der Waals surface area contributed by atoms with Gasteiger partial charge in [-0.05, 0) is 105 Å². The number of thiophene rings is 3. The minimum atomic E-state index is 1.13. The van der Waals surface area contributed by atoms with E-state index in [1.165, 1.54) is 116 Å². The zero-order valence-corrected chi connectivity index (χ0v) is 37.0. The lowest BCUT2D eigenvalue weighted by Crippen LogP contribution is -2.11. The van der Waals surface area contributed by atoms with E-state index in [9.17, 15) is 0 Å². The van der Waals surface area contributed by atoms with Crippen LogP contribution in [0.1, 0.15) is 0 Å². The fourth-order valence-corrected chi connectivity index (χ4v) is 13.3. The maximum absolute atomic E-state index is 2.57. The molecule has 0 aliphatic carbocycles. The Morgan fingerprint density at radius 3 is 1.59 bits per heavy atom. The molecule has 0 amide bonds. The van der Waals surface area contributed by atoms with Crippen molar-refractivity contribution in [1.29, 1.82) is 0 Å². The van der Waals surface area contributed by atoms with Gasteiger partial charge in [-0.25, -0.2) is 0 Å². The molecule has 0 aliphatic rings. The quantitative estimate of drug-likeness (QED) is 0.154. The fourth-order valence-electron chi connectivity index (χ4n) is 9.73. The normalized spacial score (nSPS) is 11.8. The van der Waals surface area contributed by atoms with Crippen LogP contribution in [0.3, 0.4) is 0 Å². The molecule has 3 aromatic heterocycles. The Morgan fingerprint density at radius 1 is 0.266 bits per heavy atom. The van der Waals surface area contributed by atoms with Gasteiger partial charge in [-0.2, -0.15) is 0 Å². The van der Waals surface area contributed by atoms with Gasteiger partial charge in [-0.1, -0.05) is 164 Å². The molecular weight excluding hydrogens is 831 g/mol. The van der Waals surface area contributed by atoms with Crippen LogP contribution in [0.25, 0.3) is 105 Å². The highest BCUT2D eigenvalue weighted by Crippen LogP contribution is 2.53. The molecule has 0 atom stereocenters. The van der Waals surface area contributed by atoms with E-state index >= 15 is 0 Å². The minimum Gasteiger partial charge on any atom is -0.309 e. The smallest absolute Gasteiger partial charge is 0.0555 e. The summed E-state index contributed by atoms with van der Waals surface area (Å²) in [4.78, 5) is 2.57. The molecule has 4 heteroatoms. The van der Waals surface area contributed by atoms with Crippen molar-refractivity contribution in [2.75, 3.05) is 4.90 Å². The third-order valence-electron chi connectivity index (χ3n) is 12.7. The highest BCUT2D eigenvalue weighted by atomic mass is 32.1. The predicted molar refractivity (Wildman–Crippen MR) is 282 cm³/mol. The molecule has 300 valence electrons. The topological polar surface area (TPSA) is 3.24 Å². The van der Waals surface area contributed by atoms with Crippen LogP contribution < -0.4 is 4.90 Å². The summed E-state index contributed by atoms with van der Waals surface area (Å²) in [5, 5.41) is 7.66. The number of benzene rings is 10. The van der Waals surface area contributed by atoms with Crippen molar-refractivity contribution >= 4 is 112 Å². The van der Waals surface area contributed by atoms with E-state index in [1.807, 2.05) is 34.0 Å². The molecule has 0 bridgehead atoms. The van der Waals surface area contributed by atoms with Crippen LogP contribution in [0, 0.1) is 0 Å². The molecule has 0 aliphatic heterocycles. The minimum absolute atomic E-state index is 1.13. The maximum atomic E-state index is 2.57. The van der Waals surface area contributed by atoms with Crippen molar-refractivity contribution in [1.82, 2.24) is 0 Å². The van der Waals surface area contributed by atoms with E-state index in [2.05, 4.69) is 229 Å². The average Bonchev–Trinajstić information content (AvgIpc) is 4.06. The summed E-state index contributed by atoms with van der Waals surface area (Å²) in [5.74, 6) is 0. The Labute approximate surface area is 383 Å². The van der Waals surface area contributed by atoms with Crippen molar-refractivity contribution < 1.29 is 0 Å². The third-order valence-corrected chi connectivity index (χ3v) is 16.1. The first-order chi connectivity index (χ1) is 31.7. The van der Waals surface area contributed by atoms with Crippen molar-refractivity contribution in [3.05, 3.63) is 224 Å². The molecule has 13 aromatic rings. The zero-order chi connectivity index (χ0) is 42.1. The molecule has 0 N–H and O–H groups in total. The summed E-state index contributed by atoms with van der Waals surface area (Å²) < 4.78 is 7.71. The number of nitrogens with zero attached hydrogens (tertiary/aromatic N) is 1. The molecule has 10 aromatic carbocycles. The summed E-state index contributed by atoms with van der Waals surface area (Å²) in [6.07, 6.45) is 0. The Balaban J connectivity index is 1.12. The van der Waals surface area contributed by atoms with Crippen molar-refractivity contribution in [3.8, 4) is 44.5 Å². The molecule has 3 heterocycles. The molecule has 1 nitrogen and oxygen atoms in total. The fraction of sp³-hybridized carbons (Fsp3) is 0. The second-order valence-electron chi connectivity index (χ2n) is 16.4. The standard InChI is InChI=1S/C60H37NS3/c1-5-16-38(17-6-1)42-28-30-47-55(35-42)64-60-45(40-20-9-3-10-21-40)31-32-51(59(47)60)61(50-25-15-27-54-58(50)46-24-13-14-26-52(46)62-54)44-29-33-53-49(37-44)57-48(41-22-11-4-12-23-41)34-43(36-56(57)63-53)39-18-7-2-8-19-39/h1-37H. The number of anilines is 3. The number of fused-ring (bicyclic) bond motifs is 9. The molecule has 0 spiro atoms. The molecule has 64 heavy (non-hydrogen) atoms. The second kappa shape index (κ2) is 15.2. The van der Waals surface area contributed by atoms with E-state index in [1.54, 1.807) is 0 Å². The van der Waals surface area contributed by atoms with Gasteiger partial charge >= 0.3 is 0 Å². The Kier molecular flexibility index (Phi) is 8.83. The van der Waals surface area contributed by atoms with Gasteiger partial charge in [0.25, 0.3) is 0 Å². The van der Waals surface area contributed by atoms with E-state index in [4.69, 9.17) is 0 Å². The van der Waals surface area contributed by atoms with Crippen LogP contribution in [0.4, 0.5) is 17.1 Å². The first-order valence-electron chi connectivity index (χ1n) is 21.7. The highest BCUT2D eigenvalue weighted by Gasteiger charge is 2.25. The van der Waals surface area contributed by atoms with Crippen LogP contribution in [0.5, 0.6) is 0 Å². The van der Waals surface area contributed by atoms with Gasteiger partial charge in [-0.3, -0.25) is 0 Å². The maximum Gasteiger partial charge on any atom is 0.0555 e. The first kappa shape index (κ1) is 37.2. The molecule has 0 saturated carbocycles. The number of hydrogen-bond acceptors (Lipinski definition) is 4. The van der Waals surface area contributed by atoms with Crippen molar-refractivity contribution in [3.63, 3.8) is 0 Å². The molecule has 13 rings (SSSR count). The zero-order valence-electron chi connectivity index (χ0n) is 34.5. The Bertz CT molecular complexity index is 3880. The number of rotatable bonds is 7. The third kappa shape index (κ3) is 6.10. The van der Waals surface area contributed by atoms with Gasteiger partial charge in [0.15, 0.2) is 0 Å². The SMILES string of the molecule is c1ccc(-c2ccc3c(c2)sc2c(-c4ccccc4)ccc(N(c4ccc5sc6cc(-c7ccccc7)cc(-c7ccccc7)c6c5c4)c4cccc5sc6ccccc6c45)c23)cc1. The van der Waals surface area contributed by atoms with E-state index < -0.39 is 0 Å². The Hall–Kier alpha value is -7.34. The average molecular weight is 868 g/mol. The lowest BCUT2D eigenvalue weighted by atomic mass is 9.94. The summed E-state index contributed by atoms with van der Waals surface area (Å²) in [6, 6.07) is 82.9. The highest BCUT2D eigenvalue weighted by molar-refractivity contribution is 7.27. The van der Waals surface area contributed by atoms with Gasteiger partial charge in [0, 0.05) is 66.2 Å². The van der Waals surface area contributed by atoms with E-state index in [-0.39, 0.29) is 0 Å². The van der Waals surface area contributed by atoms with Gasteiger partial charge in [0.2, 0.25) is 0 Å². The lowest BCUT2D eigenvalue weighted by molar-refractivity contribution is 1.33. The first-order valence-corrected chi connectivity index (χ1v) is 24.1. The lowest BCUT2D eigenvalue weighted by Gasteiger charge is -2.28. The number of hydrogen-bond donors (Lipinski definition) is 0. The summed E-state index contributed by atoms with van der Waals surface area (Å²) in [7, 11) is 0. The van der Waals surface area contributed by atoms with Crippen LogP contribution in [-0.2, 0) is 0 Å². The largest absolute Gasteiger partial charge is 0.309 e. The van der Waals surface area contributed by atoms with Crippen molar-refractivity contribution in [2.24, 2.45) is 0 Å². The monoisotopic (exact) mass is 867 g/mol. The molecule has 0 fully saturated rings. The second-order valence-corrected chi connectivity index (χ2v) is 19.6. The molecule has 0 unspecified atom stereocenters. The van der Waals surface area contributed by atoms with Gasteiger partial charge in [0.1, 0.15) is 0 Å². The van der Waals surface area contributed by atoms with Crippen LogP contribution in [0.15, 0.2) is 224 Å². The van der Waals surface area contributed by atoms with Crippen LogP contribution in [-0.4, -0.2) is 0 Å². The summed E-state index contributed by atoms with van der Waals surface area (Å²) >= 11 is 5.66. The Morgan fingerprint density at radius 2 is 0.844 bits per heavy atom. The summed E-state index contributed by atoms with van der Waals surface area (Å²) in [6.45, 7) is 0. The molecule has 0 saturated heterocycles. The van der Waals surface area contributed by atoms with Gasteiger partial charge in [0.05, 0.1) is 11.4 Å². The summed E-state index contributed by atoms with van der Waals surface area (Å²) in [5.41, 5.74) is 13.4. The molecule has 0 radical (unpaired) electrons. The predicted octanol–water partition coefficient (Wildman–Crippen LogP) is 18.9. The van der Waals surface area contributed by atoms with Gasteiger partial charge in [-0.15, -0.1) is 34.0 Å². The molecular formula is C60H37NS3. The van der Waals surface area contributed by atoms with E-state index in [0.717, 1.165) is 5.69 Å². The van der Waals surface area contributed by atoms with Gasteiger partial charge < -0.3 is 4.90 Å². The van der Waals surface area contributed by atoms with Crippen LogP contribution in [0.2, 0.25) is 0 Å². The van der Waals surface area contributed by atoms with E-state index in [0.29, 0.717) is 0 Å².